The Morgan fingerprint density at radius 2 is 1.62 bits per heavy atom. The molecule has 1 aliphatic heterocycles. The van der Waals surface area contributed by atoms with Crippen molar-refractivity contribution in [3.63, 3.8) is 0 Å². The summed E-state index contributed by atoms with van der Waals surface area (Å²) in [4.78, 5) is 27.9. The third-order valence-corrected chi connectivity index (χ3v) is 5.96. The molecule has 1 heterocycles. The first-order chi connectivity index (χ1) is 15.6. The number of nitrogens with one attached hydrogen (secondary N) is 1. The molecular formula is C27H27FN2O2. The SMILES string of the molecule is O=C(CCC1CCCCN1C(=O)c1ccccc1-c1ccccc1)Nc1ccc(F)cc1. The van der Waals surface area contributed by atoms with E-state index in [1.54, 1.807) is 12.1 Å². The van der Waals surface area contributed by atoms with Crippen molar-refractivity contribution in [1.82, 2.24) is 4.90 Å². The van der Waals surface area contributed by atoms with Crippen LogP contribution in [-0.4, -0.2) is 29.3 Å². The van der Waals surface area contributed by atoms with E-state index in [0.717, 1.165) is 30.4 Å². The number of rotatable bonds is 6. The fourth-order valence-electron chi connectivity index (χ4n) is 4.32. The van der Waals surface area contributed by atoms with Gasteiger partial charge in [0.25, 0.3) is 5.91 Å². The highest BCUT2D eigenvalue weighted by molar-refractivity contribution is 6.01. The van der Waals surface area contributed by atoms with E-state index < -0.39 is 0 Å². The van der Waals surface area contributed by atoms with Crippen LogP contribution >= 0.6 is 0 Å². The summed E-state index contributed by atoms with van der Waals surface area (Å²) in [6.45, 7) is 0.701. The maximum absolute atomic E-state index is 13.6. The van der Waals surface area contributed by atoms with Crippen LogP contribution in [0.4, 0.5) is 10.1 Å². The van der Waals surface area contributed by atoms with Gasteiger partial charge in [-0.05, 0) is 67.1 Å². The first-order valence-corrected chi connectivity index (χ1v) is 11.1. The van der Waals surface area contributed by atoms with Crippen LogP contribution in [0.1, 0.15) is 42.5 Å². The Morgan fingerprint density at radius 1 is 0.906 bits per heavy atom. The maximum Gasteiger partial charge on any atom is 0.254 e. The van der Waals surface area contributed by atoms with Gasteiger partial charge in [0.15, 0.2) is 0 Å². The maximum atomic E-state index is 13.6. The number of halogens is 1. The predicted molar refractivity (Wildman–Crippen MR) is 125 cm³/mol. The Labute approximate surface area is 188 Å². The molecule has 32 heavy (non-hydrogen) atoms. The number of piperidine rings is 1. The molecule has 3 aromatic rings. The lowest BCUT2D eigenvalue weighted by atomic mass is 9.94. The van der Waals surface area contributed by atoms with Crippen LogP contribution < -0.4 is 5.32 Å². The second kappa shape index (κ2) is 10.2. The fraction of sp³-hybridized carbons (Fsp3) is 0.259. The van der Waals surface area contributed by atoms with Crippen molar-refractivity contribution in [2.24, 2.45) is 0 Å². The van der Waals surface area contributed by atoms with Crippen molar-refractivity contribution in [1.29, 1.82) is 0 Å². The van der Waals surface area contributed by atoms with Crippen LogP contribution in [0, 0.1) is 5.82 Å². The molecule has 1 fully saturated rings. The smallest absolute Gasteiger partial charge is 0.254 e. The summed E-state index contributed by atoms with van der Waals surface area (Å²) < 4.78 is 13.1. The lowest BCUT2D eigenvalue weighted by Gasteiger charge is -2.36. The number of nitrogens with zero attached hydrogens (tertiary/aromatic N) is 1. The Morgan fingerprint density at radius 3 is 2.41 bits per heavy atom. The molecule has 0 saturated carbocycles. The molecule has 1 atom stereocenters. The Kier molecular flexibility index (Phi) is 6.95. The zero-order valence-electron chi connectivity index (χ0n) is 18.0. The summed E-state index contributed by atoms with van der Waals surface area (Å²) in [6.07, 6.45) is 3.83. The zero-order valence-corrected chi connectivity index (χ0v) is 18.0. The summed E-state index contributed by atoms with van der Waals surface area (Å²) >= 11 is 0. The third kappa shape index (κ3) is 5.22. The van der Waals surface area contributed by atoms with Gasteiger partial charge in [-0.25, -0.2) is 4.39 Å². The molecule has 164 valence electrons. The molecule has 2 amide bonds. The van der Waals surface area contributed by atoms with Gasteiger partial charge in [0.2, 0.25) is 5.91 Å². The molecule has 1 unspecified atom stereocenters. The van der Waals surface area contributed by atoms with Gasteiger partial charge < -0.3 is 10.2 Å². The average Bonchev–Trinajstić information content (AvgIpc) is 2.84. The van der Waals surface area contributed by atoms with Crippen molar-refractivity contribution in [2.45, 2.75) is 38.1 Å². The highest BCUT2D eigenvalue weighted by atomic mass is 19.1. The van der Waals surface area contributed by atoms with Gasteiger partial charge in [-0.15, -0.1) is 0 Å². The Balaban J connectivity index is 1.45. The number of carbonyl (C=O) groups excluding carboxylic acids is 2. The molecule has 5 heteroatoms. The number of anilines is 1. The zero-order chi connectivity index (χ0) is 22.3. The minimum atomic E-state index is -0.338. The van der Waals surface area contributed by atoms with Crippen molar-refractivity contribution in [2.75, 3.05) is 11.9 Å². The number of hydrogen-bond donors (Lipinski definition) is 1. The summed E-state index contributed by atoms with van der Waals surface area (Å²) in [7, 11) is 0. The lowest BCUT2D eigenvalue weighted by Crippen LogP contribution is -2.44. The van der Waals surface area contributed by atoms with Crippen molar-refractivity contribution in [3.8, 4) is 11.1 Å². The number of benzene rings is 3. The number of carbonyl (C=O) groups is 2. The third-order valence-electron chi connectivity index (χ3n) is 5.96. The molecule has 3 aromatic carbocycles. The van der Waals surface area contributed by atoms with Gasteiger partial charge in [-0.3, -0.25) is 9.59 Å². The van der Waals surface area contributed by atoms with Gasteiger partial charge in [-0.2, -0.15) is 0 Å². The highest BCUT2D eigenvalue weighted by Gasteiger charge is 2.29. The van der Waals surface area contributed by atoms with Crippen LogP contribution in [0.15, 0.2) is 78.9 Å². The van der Waals surface area contributed by atoms with Crippen molar-refractivity contribution >= 4 is 17.5 Å². The average molecular weight is 431 g/mol. The summed E-state index contributed by atoms with van der Waals surface area (Å²) in [5.41, 5.74) is 3.21. The standard InChI is InChI=1S/C27H27FN2O2/c28-21-13-15-22(16-14-21)29-26(31)18-17-23-10-6-7-19-30(23)27(32)25-12-5-4-11-24(25)20-8-2-1-3-9-20/h1-5,8-9,11-16,23H,6-7,10,17-19H2,(H,29,31). The first kappa shape index (κ1) is 21.8. The van der Waals surface area contributed by atoms with Gasteiger partial charge >= 0.3 is 0 Å². The fourth-order valence-corrected chi connectivity index (χ4v) is 4.32. The molecule has 0 spiro atoms. The highest BCUT2D eigenvalue weighted by Crippen LogP contribution is 2.28. The van der Waals surface area contributed by atoms with E-state index in [1.807, 2.05) is 59.5 Å². The molecule has 4 nitrogen and oxygen atoms in total. The topological polar surface area (TPSA) is 49.4 Å². The van der Waals surface area contributed by atoms with Crippen LogP contribution in [0.2, 0.25) is 0 Å². The van der Waals surface area contributed by atoms with Gasteiger partial charge in [0.05, 0.1) is 0 Å². The van der Waals surface area contributed by atoms with Gasteiger partial charge in [0, 0.05) is 30.3 Å². The molecule has 1 N–H and O–H groups in total. The Hall–Kier alpha value is -3.47. The first-order valence-electron chi connectivity index (χ1n) is 11.1. The minimum absolute atomic E-state index is 0.0214. The second-order valence-corrected chi connectivity index (χ2v) is 8.15. The molecule has 0 bridgehead atoms. The van der Waals surface area contributed by atoms with Crippen LogP contribution in [0.25, 0.3) is 11.1 Å². The number of likely N-dealkylation sites (tertiary alicyclic amines) is 1. The monoisotopic (exact) mass is 430 g/mol. The molecule has 1 saturated heterocycles. The van der Waals surface area contributed by atoms with E-state index in [2.05, 4.69) is 5.32 Å². The quantitative estimate of drug-likeness (QED) is 0.529. The molecular weight excluding hydrogens is 403 g/mol. The number of amides is 2. The summed E-state index contributed by atoms with van der Waals surface area (Å²) in [5.74, 6) is -0.442. The van der Waals surface area contributed by atoms with E-state index in [-0.39, 0.29) is 23.7 Å². The molecule has 0 aromatic heterocycles. The van der Waals surface area contributed by atoms with E-state index in [9.17, 15) is 14.0 Å². The predicted octanol–water partition coefficient (Wildman–Crippen LogP) is 5.91. The lowest BCUT2D eigenvalue weighted by molar-refractivity contribution is -0.116. The largest absolute Gasteiger partial charge is 0.336 e. The van der Waals surface area contributed by atoms with Gasteiger partial charge in [-0.1, -0.05) is 48.5 Å². The van der Waals surface area contributed by atoms with Crippen LogP contribution in [0.5, 0.6) is 0 Å². The van der Waals surface area contributed by atoms with Crippen LogP contribution in [-0.2, 0) is 4.79 Å². The van der Waals surface area contributed by atoms with E-state index in [1.165, 1.54) is 12.1 Å². The van der Waals surface area contributed by atoms with Crippen molar-refractivity contribution < 1.29 is 14.0 Å². The summed E-state index contributed by atoms with van der Waals surface area (Å²) in [6, 6.07) is 23.4. The molecule has 4 rings (SSSR count). The molecule has 1 aliphatic rings. The van der Waals surface area contributed by atoms with Crippen LogP contribution in [0.3, 0.4) is 0 Å². The molecule has 0 aliphatic carbocycles. The minimum Gasteiger partial charge on any atom is -0.336 e. The molecule has 0 radical (unpaired) electrons. The Bertz CT molecular complexity index is 1070. The van der Waals surface area contributed by atoms with Gasteiger partial charge in [0.1, 0.15) is 5.82 Å². The van der Waals surface area contributed by atoms with E-state index in [0.29, 0.717) is 30.6 Å². The second-order valence-electron chi connectivity index (χ2n) is 8.15. The number of hydrogen-bond acceptors (Lipinski definition) is 2. The normalized spacial score (nSPS) is 15.9. The van der Waals surface area contributed by atoms with E-state index in [4.69, 9.17) is 0 Å². The van der Waals surface area contributed by atoms with E-state index >= 15 is 0 Å². The summed E-state index contributed by atoms with van der Waals surface area (Å²) in [5, 5.41) is 2.81. The van der Waals surface area contributed by atoms with Crippen molar-refractivity contribution in [3.05, 3.63) is 90.2 Å².